The smallest absolute Gasteiger partial charge is 0.327 e. The number of carbonyl (C=O) groups is 2. The lowest BCUT2D eigenvalue weighted by atomic mass is 10.1. The van der Waals surface area contributed by atoms with Crippen LogP contribution in [0.25, 0.3) is 0 Å². The fourth-order valence-corrected chi connectivity index (χ4v) is 4.36. The van der Waals surface area contributed by atoms with Crippen molar-refractivity contribution in [3.63, 3.8) is 0 Å². The van der Waals surface area contributed by atoms with Crippen LogP contribution >= 0.6 is 11.8 Å². The van der Waals surface area contributed by atoms with E-state index in [0.717, 1.165) is 12.8 Å². The van der Waals surface area contributed by atoms with Gasteiger partial charge in [-0.25, -0.2) is 4.79 Å². The first-order valence-electron chi connectivity index (χ1n) is 7.95. The molecule has 0 saturated carbocycles. The minimum atomic E-state index is -0.994. The lowest BCUT2D eigenvalue weighted by Gasteiger charge is -2.27. The van der Waals surface area contributed by atoms with Crippen LogP contribution in [0.2, 0.25) is 0 Å². The van der Waals surface area contributed by atoms with Crippen molar-refractivity contribution < 1.29 is 28.9 Å². The highest BCUT2D eigenvalue weighted by molar-refractivity contribution is 8.00. The number of hydrogen-bond acceptors (Lipinski definition) is 6. The summed E-state index contributed by atoms with van der Waals surface area (Å²) in [5.74, 6) is 0.141. The first-order chi connectivity index (χ1) is 12.0. The van der Waals surface area contributed by atoms with Gasteiger partial charge in [-0.15, -0.1) is 11.8 Å². The predicted molar refractivity (Wildman–Crippen MR) is 94.8 cm³/mol. The lowest BCUT2D eigenvalue weighted by Crippen LogP contribution is -2.45. The Labute approximate surface area is 151 Å². The molecule has 0 aromatic heterocycles. The Morgan fingerprint density at radius 1 is 1.20 bits per heavy atom. The molecule has 2 atom stereocenters. The second kappa shape index (κ2) is 8.33. The Kier molecular flexibility index (Phi) is 6.41. The molecular weight excluding hydrogens is 346 g/mol. The molecule has 1 N–H and O–H groups in total. The maximum Gasteiger partial charge on any atom is 0.327 e. The summed E-state index contributed by atoms with van der Waals surface area (Å²) in [7, 11) is 4.42. The average molecular weight is 369 g/mol. The first-order valence-corrected chi connectivity index (χ1v) is 9.00. The number of rotatable bonds is 7. The number of hydrogen-bond donors (Lipinski definition) is 1. The number of nitrogens with zero attached hydrogens (tertiary/aromatic N) is 1. The van der Waals surface area contributed by atoms with Gasteiger partial charge >= 0.3 is 5.97 Å². The van der Waals surface area contributed by atoms with Gasteiger partial charge in [0, 0.05) is 11.3 Å². The highest BCUT2D eigenvalue weighted by atomic mass is 32.2. The molecule has 1 heterocycles. The van der Waals surface area contributed by atoms with Gasteiger partial charge in [-0.2, -0.15) is 0 Å². The topological polar surface area (TPSA) is 85.3 Å². The summed E-state index contributed by atoms with van der Waals surface area (Å²) in [4.78, 5) is 26.1. The third-order valence-electron chi connectivity index (χ3n) is 4.06. The van der Waals surface area contributed by atoms with Gasteiger partial charge in [0.05, 0.1) is 26.7 Å². The normalized spacial score (nSPS) is 19.6. The fourth-order valence-electron chi connectivity index (χ4n) is 2.85. The van der Waals surface area contributed by atoms with Crippen molar-refractivity contribution in [3.05, 3.63) is 17.7 Å². The zero-order valence-electron chi connectivity index (χ0n) is 14.8. The van der Waals surface area contributed by atoms with E-state index in [1.54, 1.807) is 12.1 Å². The summed E-state index contributed by atoms with van der Waals surface area (Å²) in [5.41, 5.74) is 0.310. The van der Waals surface area contributed by atoms with Crippen molar-refractivity contribution in [1.82, 2.24) is 4.90 Å². The van der Waals surface area contributed by atoms with E-state index in [-0.39, 0.29) is 11.3 Å². The largest absolute Gasteiger partial charge is 0.493 e. The van der Waals surface area contributed by atoms with Gasteiger partial charge in [-0.05, 0) is 18.6 Å². The van der Waals surface area contributed by atoms with Crippen LogP contribution in [0.1, 0.15) is 30.1 Å². The van der Waals surface area contributed by atoms with Crippen LogP contribution in [0.3, 0.4) is 0 Å². The summed E-state index contributed by atoms with van der Waals surface area (Å²) in [6.07, 6.45) is 1.60. The van der Waals surface area contributed by atoms with Gasteiger partial charge in [0.2, 0.25) is 5.75 Å². The number of thioether (sulfide) groups is 1. The van der Waals surface area contributed by atoms with Crippen LogP contribution in [0.5, 0.6) is 17.2 Å². The summed E-state index contributed by atoms with van der Waals surface area (Å²) in [6, 6.07) is 2.26. The Bertz CT molecular complexity index is 625. The highest BCUT2D eigenvalue weighted by Gasteiger charge is 2.41. The molecule has 1 fully saturated rings. The molecule has 25 heavy (non-hydrogen) atoms. The van der Waals surface area contributed by atoms with E-state index in [2.05, 4.69) is 0 Å². The van der Waals surface area contributed by atoms with Gasteiger partial charge in [0.1, 0.15) is 6.04 Å². The summed E-state index contributed by atoms with van der Waals surface area (Å²) in [5, 5.41) is 9.32. The number of ether oxygens (including phenoxy) is 3. The van der Waals surface area contributed by atoms with Gasteiger partial charge in [-0.1, -0.05) is 13.3 Å². The Hall–Kier alpha value is -2.09. The number of carboxylic acid groups (broad SMARTS) is 1. The molecule has 0 bridgehead atoms. The molecule has 1 aromatic rings. The SMILES string of the molecule is CCC[C@@H]1SC[C@@H](C(=O)O)N1C(=O)c1cc(OC)c(OC)c(OC)c1. The van der Waals surface area contributed by atoms with Crippen molar-refractivity contribution >= 4 is 23.6 Å². The minimum Gasteiger partial charge on any atom is -0.493 e. The van der Waals surface area contributed by atoms with Gasteiger partial charge in [0.25, 0.3) is 5.91 Å². The van der Waals surface area contributed by atoms with Crippen molar-refractivity contribution in [2.75, 3.05) is 27.1 Å². The molecular formula is C17H23NO6S. The molecule has 0 radical (unpaired) electrons. The van der Waals surface area contributed by atoms with Gasteiger partial charge < -0.3 is 24.2 Å². The number of carbonyl (C=O) groups excluding carboxylic acids is 1. The minimum absolute atomic E-state index is 0.155. The number of amides is 1. The summed E-state index contributed by atoms with van der Waals surface area (Å²) >= 11 is 1.50. The molecule has 0 aliphatic carbocycles. The van der Waals surface area contributed by atoms with E-state index >= 15 is 0 Å². The zero-order chi connectivity index (χ0) is 18.6. The van der Waals surface area contributed by atoms with Crippen LogP contribution < -0.4 is 14.2 Å². The molecule has 1 aromatic carbocycles. The number of aliphatic carboxylic acids is 1. The van der Waals surface area contributed by atoms with Crippen LogP contribution in [0.4, 0.5) is 0 Å². The lowest BCUT2D eigenvalue weighted by molar-refractivity contribution is -0.141. The monoisotopic (exact) mass is 369 g/mol. The fraction of sp³-hybridized carbons (Fsp3) is 0.529. The quantitative estimate of drug-likeness (QED) is 0.790. The maximum absolute atomic E-state index is 13.1. The molecule has 1 saturated heterocycles. The third kappa shape index (κ3) is 3.78. The van der Waals surface area contributed by atoms with E-state index in [9.17, 15) is 14.7 Å². The van der Waals surface area contributed by atoms with Crippen molar-refractivity contribution in [1.29, 1.82) is 0 Å². The number of methoxy groups -OCH3 is 3. The maximum atomic E-state index is 13.1. The van der Waals surface area contributed by atoms with Gasteiger partial charge in [0.15, 0.2) is 11.5 Å². The molecule has 1 amide bonds. The van der Waals surface area contributed by atoms with E-state index < -0.39 is 12.0 Å². The van der Waals surface area contributed by atoms with E-state index in [1.807, 2.05) is 6.92 Å². The predicted octanol–water partition coefficient (Wildman–Crippen LogP) is 2.48. The van der Waals surface area contributed by atoms with Crippen molar-refractivity contribution in [3.8, 4) is 17.2 Å². The van der Waals surface area contributed by atoms with Crippen LogP contribution in [-0.2, 0) is 4.79 Å². The summed E-state index contributed by atoms with van der Waals surface area (Å²) < 4.78 is 15.8. The molecule has 8 heteroatoms. The molecule has 2 rings (SSSR count). The highest BCUT2D eigenvalue weighted by Crippen LogP contribution is 2.40. The summed E-state index contributed by atoms with van der Waals surface area (Å²) in [6.45, 7) is 2.01. The Balaban J connectivity index is 2.44. The van der Waals surface area contributed by atoms with Crippen LogP contribution in [-0.4, -0.2) is 60.4 Å². The average Bonchev–Trinajstić information content (AvgIpc) is 3.03. The molecule has 138 valence electrons. The number of benzene rings is 1. The van der Waals surface area contributed by atoms with E-state index in [0.29, 0.717) is 28.6 Å². The van der Waals surface area contributed by atoms with Crippen molar-refractivity contribution in [2.45, 2.75) is 31.2 Å². The Morgan fingerprint density at radius 3 is 2.24 bits per heavy atom. The van der Waals surface area contributed by atoms with Gasteiger partial charge in [-0.3, -0.25) is 4.79 Å². The molecule has 0 spiro atoms. The first kappa shape index (κ1) is 19.2. The van der Waals surface area contributed by atoms with E-state index in [1.165, 1.54) is 38.0 Å². The third-order valence-corrected chi connectivity index (χ3v) is 5.42. The Morgan fingerprint density at radius 2 is 1.80 bits per heavy atom. The second-order valence-electron chi connectivity index (χ2n) is 5.56. The van der Waals surface area contributed by atoms with Crippen LogP contribution in [0, 0.1) is 0 Å². The molecule has 7 nitrogen and oxygen atoms in total. The zero-order valence-corrected chi connectivity index (χ0v) is 15.6. The molecule has 1 aliphatic heterocycles. The number of carboxylic acids is 1. The molecule has 0 unspecified atom stereocenters. The van der Waals surface area contributed by atoms with E-state index in [4.69, 9.17) is 14.2 Å². The molecule has 1 aliphatic rings. The van der Waals surface area contributed by atoms with Crippen LogP contribution in [0.15, 0.2) is 12.1 Å². The standard InChI is InChI=1S/C17H23NO6S/c1-5-6-14-18(11(9-25-14)17(20)21)16(19)10-7-12(22-2)15(24-4)13(8-10)23-3/h7-8,11,14H,5-6,9H2,1-4H3,(H,20,21)/t11-,14-/m0/s1. The van der Waals surface area contributed by atoms with Crippen molar-refractivity contribution in [2.24, 2.45) is 0 Å². The second-order valence-corrected chi connectivity index (χ2v) is 6.77.